The molecule has 0 fully saturated rings. The third kappa shape index (κ3) is 2.03. The molecule has 0 aliphatic rings. The zero-order chi connectivity index (χ0) is 11.5. The lowest BCUT2D eigenvalue weighted by molar-refractivity contribution is 0.398. The summed E-state index contributed by atoms with van der Waals surface area (Å²) in [6.45, 7) is 1.89. The molecule has 0 bridgehead atoms. The van der Waals surface area contributed by atoms with Crippen LogP contribution in [-0.4, -0.2) is 12.1 Å². The molecule has 1 aromatic carbocycles. The summed E-state index contributed by atoms with van der Waals surface area (Å²) in [5.41, 5.74) is 2.44. The number of pyridine rings is 1. The van der Waals surface area contributed by atoms with Crippen molar-refractivity contribution in [2.75, 3.05) is 7.11 Å². The fourth-order valence-corrected chi connectivity index (χ4v) is 1.56. The Morgan fingerprint density at radius 3 is 2.69 bits per heavy atom. The molecule has 0 saturated carbocycles. The van der Waals surface area contributed by atoms with Crippen molar-refractivity contribution in [3.63, 3.8) is 0 Å². The van der Waals surface area contributed by atoms with Gasteiger partial charge in [0.25, 0.3) is 0 Å². The van der Waals surface area contributed by atoms with Crippen LogP contribution in [0.1, 0.15) is 5.69 Å². The molecule has 0 spiro atoms. The SMILES string of the molecule is COc1nc(C)ccc1-c1cccc(F)c1. The molecule has 1 heterocycles. The van der Waals surface area contributed by atoms with E-state index in [1.54, 1.807) is 13.2 Å². The summed E-state index contributed by atoms with van der Waals surface area (Å²) in [6.07, 6.45) is 0. The maximum atomic E-state index is 13.1. The first-order valence-corrected chi connectivity index (χ1v) is 4.98. The van der Waals surface area contributed by atoms with Crippen LogP contribution < -0.4 is 4.74 Å². The Morgan fingerprint density at radius 2 is 2.00 bits per heavy atom. The first-order valence-electron chi connectivity index (χ1n) is 4.98. The molecule has 0 amide bonds. The molecule has 2 aromatic rings. The summed E-state index contributed by atoms with van der Waals surface area (Å²) in [5.74, 6) is 0.255. The van der Waals surface area contributed by atoms with Crippen LogP contribution in [0.3, 0.4) is 0 Å². The van der Waals surface area contributed by atoms with Gasteiger partial charge >= 0.3 is 0 Å². The van der Waals surface area contributed by atoms with Crippen molar-refractivity contribution >= 4 is 0 Å². The van der Waals surface area contributed by atoms with Crippen LogP contribution in [0.15, 0.2) is 36.4 Å². The van der Waals surface area contributed by atoms with Crippen LogP contribution in [0.2, 0.25) is 0 Å². The van der Waals surface area contributed by atoms with E-state index in [4.69, 9.17) is 4.74 Å². The van der Waals surface area contributed by atoms with E-state index in [0.717, 1.165) is 16.8 Å². The zero-order valence-electron chi connectivity index (χ0n) is 9.20. The average Bonchev–Trinajstić information content (AvgIpc) is 2.28. The number of hydrogen-bond donors (Lipinski definition) is 0. The van der Waals surface area contributed by atoms with Crippen molar-refractivity contribution in [2.45, 2.75) is 6.92 Å². The zero-order valence-corrected chi connectivity index (χ0v) is 9.20. The average molecular weight is 217 g/mol. The highest BCUT2D eigenvalue weighted by Crippen LogP contribution is 2.28. The summed E-state index contributed by atoms with van der Waals surface area (Å²) in [4.78, 5) is 4.25. The standard InChI is InChI=1S/C13H12FNO/c1-9-6-7-12(13(15-9)16-2)10-4-3-5-11(14)8-10/h3-8H,1-2H3. The first-order chi connectivity index (χ1) is 7.70. The van der Waals surface area contributed by atoms with Gasteiger partial charge in [-0.15, -0.1) is 0 Å². The molecule has 0 radical (unpaired) electrons. The third-order valence-electron chi connectivity index (χ3n) is 2.33. The monoisotopic (exact) mass is 217 g/mol. The van der Waals surface area contributed by atoms with Crippen molar-refractivity contribution in [3.8, 4) is 17.0 Å². The maximum absolute atomic E-state index is 13.1. The number of ether oxygens (including phenoxy) is 1. The van der Waals surface area contributed by atoms with Gasteiger partial charge in [0.2, 0.25) is 5.88 Å². The number of aromatic nitrogens is 1. The minimum Gasteiger partial charge on any atom is -0.481 e. The summed E-state index contributed by atoms with van der Waals surface area (Å²) in [5, 5.41) is 0. The topological polar surface area (TPSA) is 22.1 Å². The van der Waals surface area contributed by atoms with Gasteiger partial charge in [-0.05, 0) is 36.8 Å². The lowest BCUT2D eigenvalue weighted by Gasteiger charge is -2.08. The Balaban J connectivity index is 2.55. The Labute approximate surface area is 93.7 Å². The number of nitrogens with zero attached hydrogens (tertiary/aromatic N) is 1. The van der Waals surface area contributed by atoms with E-state index >= 15 is 0 Å². The second-order valence-electron chi connectivity index (χ2n) is 3.52. The van der Waals surface area contributed by atoms with E-state index in [9.17, 15) is 4.39 Å². The Bertz CT molecular complexity index is 511. The normalized spacial score (nSPS) is 10.2. The number of rotatable bonds is 2. The van der Waals surface area contributed by atoms with Crippen molar-refractivity contribution in [3.05, 3.63) is 47.9 Å². The minimum absolute atomic E-state index is 0.264. The summed E-state index contributed by atoms with van der Waals surface area (Å²) in [6, 6.07) is 10.1. The Kier molecular flexibility index (Phi) is 2.86. The van der Waals surface area contributed by atoms with Gasteiger partial charge in [0, 0.05) is 11.3 Å². The highest BCUT2D eigenvalue weighted by Gasteiger charge is 2.07. The van der Waals surface area contributed by atoms with Crippen LogP contribution in [0.5, 0.6) is 5.88 Å². The van der Waals surface area contributed by atoms with Gasteiger partial charge in [0.05, 0.1) is 7.11 Å². The third-order valence-corrected chi connectivity index (χ3v) is 2.33. The summed E-state index contributed by atoms with van der Waals surface area (Å²) in [7, 11) is 1.56. The second kappa shape index (κ2) is 4.31. The van der Waals surface area contributed by atoms with Crippen LogP contribution in [-0.2, 0) is 0 Å². The van der Waals surface area contributed by atoms with Crippen LogP contribution in [0.4, 0.5) is 4.39 Å². The van der Waals surface area contributed by atoms with Crippen molar-refractivity contribution in [1.29, 1.82) is 0 Å². The van der Waals surface area contributed by atoms with Gasteiger partial charge in [-0.2, -0.15) is 0 Å². The van der Waals surface area contributed by atoms with Gasteiger partial charge in [-0.3, -0.25) is 0 Å². The highest BCUT2D eigenvalue weighted by atomic mass is 19.1. The number of aryl methyl sites for hydroxylation is 1. The van der Waals surface area contributed by atoms with Crippen LogP contribution in [0, 0.1) is 12.7 Å². The molecule has 0 aliphatic heterocycles. The molecule has 0 unspecified atom stereocenters. The number of hydrogen-bond acceptors (Lipinski definition) is 2. The summed E-state index contributed by atoms with van der Waals surface area (Å²) >= 11 is 0. The molecule has 1 aromatic heterocycles. The second-order valence-corrected chi connectivity index (χ2v) is 3.52. The lowest BCUT2D eigenvalue weighted by atomic mass is 10.1. The highest BCUT2D eigenvalue weighted by molar-refractivity contribution is 5.68. The van der Waals surface area contributed by atoms with Crippen molar-refractivity contribution in [1.82, 2.24) is 4.98 Å². The molecule has 0 saturated heterocycles. The van der Waals surface area contributed by atoms with E-state index < -0.39 is 0 Å². The Morgan fingerprint density at radius 1 is 1.19 bits per heavy atom. The molecule has 0 N–H and O–H groups in total. The molecule has 0 atom stereocenters. The van der Waals surface area contributed by atoms with E-state index in [1.807, 2.05) is 25.1 Å². The van der Waals surface area contributed by atoms with Gasteiger partial charge in [0.15, 0.2) is 0 Å². The molecule has 82 valence electrons. The first kappa shape index (κ1) is 10.6. The van der Waals surface area contributed by atoms with Crippen molar-refractivity contribution in [2.24, 2.45) is 0 Å². The quantitative estimate of drug-likeness (QED) is 0.770. The van der Waals surface area contributed by atoms with E-state index in [1.165, 1.54) is 12.1 Å². The fraction of sp³-hybridized carbons (Fsp3) is 0.154. The van der Waals surface area contributed by atoms with E-state index in [2.05, 4.69) is 4.98 Å². The van der Waals surface area contributed by atoms with Gasteiger partial charge < -0.3 is 4.74 Å². The molecular formula is C13H12FNO. The van der Waals surface area contributed by atoms with E-state index in [0.29, 0.717) is 5.88 Å². The Hall–Kier alpha value is -1.90. The van der Waals surface area contributed by atoms with Gasteiger partial charge in [0.1, 0.15) is 5.82 Å². The van der Waals surface area contributed by atoms with E-state index in [-0.39, 0.29) is 5.82 Å². The van der Waals surface area contributed by atoms with Crippen LogP contribution in [0.25, 0.3) is 11.1 Å². The smallest absolute Gasteiger partial charge is 0.221 e. The maximum Gasteiger partial charge on any atom is 0.221 e. The number of halogens is 1. The largest absolute Gasteiger partial charge is 0.481 e. The van der Waals surface area contributed by atoms with Crippen molar-refractivity contribution < 1.29 is 9.13 Å². The van der Waals surface area contributed by atoms with Crippen LogP contribution >= 0.6 is 0 Å². The van der Waals surface area contributed by atoms with Gasteiger partial charge in [-0.1, -0.05) is 12.1 Å². The molecule has 3 heteroatoms. The predicted molar refractivity (Wildman–Crippen MR) is 60.9 cm³/mol. The molecule has 16 heavy (non-hydrogen) atoms. The molecular weight excluding hydrogens is 205 g/mol. The molecule has 0 aliphatic carbocycles. The molecule has 2 nitrogen and oxygen atoms in total. The minimum atomic E-state index is -0.264. The molecule has 2 rings (SSSR count). The van der Waals surface area contributed by atoms with Gasteiger partial charge in [-0.25, -0.2) is 9.37 Å². The number of benzene rings is 1. The fourth-order valence-electron chi connectivity index (χ4n) is 1.56. The number of methoxy groups -OCH3 is 1. The lowest BCUT2D eigenvalue weighted by Crippen LogP contribution is -1.93. The summed E-state index contributed by atoms with van der Waals surface area (Å²) < 4.78 is 18.3. The predicted octanol–water partition coefficient (Wildman–Crippen LogP) is 3.20.